The van der Waals surface area contributed by atoms with Crippen LogP contribution in [-0.4, -0.2) is 82.5 Å². The topological polar surface area (TPSA) is 95.9 Å². The van der Waals surface area contributed by atoms with Crippen LogP contribution in [0.25, 0.3) is 32.9 Å². The summed E-state index contributed by atoms with van der Waals surface area (Å²) >= 11 is 0. The number of phenols is 1. The lowest BCUT2D eigenvalue weighted by Gasteiger charge is -2.35. The lowest BCUT2D eigenvalue weighted by Crippen LogP contribution is -2.53. The molecule has 0 bridgehead atoms. The molecule has 0 unspecified atom stereocenters. The van der Waals surface area contributed by atoms with Gasteiger partial charge in [0.05, 0.1) is 11.6 Å². The number of ether oxygens (including phenoxy) is 2. The molecule has 3 saturated heterocycles. The van der Waals surface area contributed by atoms with Crippen LogP contribution in [0.1, 0.15) is 57.9 Å². The van der Waals surface area contributed by atoms with E-state index in [0.717, 1.165) is 58.2 Å². The minimum absolute atomic E-state index is 0.0251. The number of benzene rings is 2. The Bertz CT molecular complexity index is 1840. The Morgan fingerprint density at radius 1 is 1.04 bits per heavy atom. The third-order valence-corrected chi connectivity index (χ3v) is 10.6. The number of phenolic OH excluding ortho intramolecular Hbond substituents is 1. The highest BCUT2D eigenvalue weighted by atomic mass is 19.1. The highest BCUT2D eigenvalue weighted by molar-refractivity contribution is 6.03. The first kappa shape index (κ1) is 30.5. The molecule has 1 aliphatic carbocycles. The van der Waals surface area contributed by atoms with Gasteiger partial charge in [0.2, 0.25) is 5.88 Å². The Morgan fingerprint density at radius 3 is 2.64 bits per heavy atom. The van der Waals surface area contributed by atoms with Crippen LogP contribution in [0.15, 0.2) is 24.3 Å². The van der Waals surface area contributed by atoms with Crippen LogP contribution in [0, 0.1) is 17.6 Å². The van der Waals surface area contributed by atoms with Crippen molar-refractivity contribution in [2.24, 2.45) is 5.92 Å². The van der Waals surface area contributed by atoms with Gasteiger partial charge in [-0.15, -0.1) is 0 Å². The second kappa shape index (κ2) is 12.0. The summed E-state index contributed by atoms with van der Waals surface area (Å²) in [6, 6.07) is 6.21. The fraction of sp³-hybridized carbons (Fsp3) is 0.528. The third kappa shape index (κ3) is 5.22. The van der Waals surface area contributed by atoms with E-state index in [1.165, 1.54) is 12.1 Å². The van der Waals surface area contributed by atoms with Gasteiger partial charge in [0.15, 0.2) is 5.82 Å². The number of halogens is 2. The number of piperazine rings is 1. The van der Waals surface area contributed by atoms with Gasteiger partial charge in [-0.05, 0) is 98.5 Å². The zero-order valence-corrected chi connectivity index (χ0v) is 27.1. The number of hydrogen-bond donors (Lipinski definition) is 2. The van der Waals surface area contributed by atoms with Crippen molar-refractivity contribution in [2.75, 3.05) is 50.8 Å². The molecule has 2 N–H and O–H groups in total. The summed E-state index contributed by atoms with van der Waals surface area (Å²) in [4.78, 5) is 19.0. The van der Waals surface area contributed by atoms with Crippen LogP contribution in [0.3, 0.4) is 0 Å². The molecule has 4 aliphatic heterocycles. The highest BCUT2D eigenvalue weighted by Gasteiger charge is 2.45. The van der Waals surface area contributed by atoms with Crippen molar-refractivity contribution >= 4 is 27.5 Å². The number of pyridine rings is 1. The van der Waals surface area contributed by atoms with Gasteiger partial charge in [0, 0.05) is 25.2 Å². The molecule has 0 radical (unpaired) electrons. The Kier molecular flexibility index (Phi) is 7.79. The van der Waals surface area contributed by atoms with E-state index in [1.54, 1.807) is 12.1 Å². The third-order valence-electron chi connectivity index (χ3n) is 10.6. The second-order valence-corrected chi connectivity index (χ2v) is 13.5. The molecule has 1 atom stereocenters. The Balaban J connectivity index is 0.00000159. The number of anilines is 1. The highest BCUT2D eigenvalue weighted by Crippen LogP contribution is 2.45. The van der Waals surface area contributed by atoms with Crippen LogP contribution in [0.2, 0.25) is 0 Å². The predicted octanol–water partition coefficient (Wildman–Crippen LogP) is 5.99. The minimum atomic E-state index is -0.672. The van der Waals surface area contributed by atoms with E-state index in [9.17, 15) is 5.11 Å². The molecule has 248 valence electrons. The van der Waals surface area contributed by atoms with Gasteiger partial charge in [0.1, 0.15) is 47.2 Å². The van der Waals surface area contributed by atoms with Gasteiger partial charge in [-0.2, -0.15) is 9.97 Å². The molecule has 9 nitrogen and oxygen atoms in total. The van der Waals surface area contributed by atoms with Gasteiger partial charge in [-0.25, -0.2) is 13.8 Å². The van der Waals surface area contributed by atoms with E-state index in [1.807, 2.05) is 13.8 Å². The number of aromatic hydroxyl groups is 1. The first-order valence-electron chi connectivity index (χ1n) is 17.3. The van der Waals surface area contributed by atoms with Gasteiger partial charge in [0.25, 0.3) is 0 Å². The molecule has 5 aliphatic rings. The molecular weight excluding hydrogens is 602 g/mol. The Hall–Kier alpha value is -3.83. The molecule has 0 amide bonds. The molecule has 2 aromatic heterocycles. The molecule has 0 spiro atoms. The number of fused-ring (bicyclic) bond motifs is 4. The summed E-state index contributed by atoms with van der Waals surface area (Å²) in [6.07, 6.45) is 7.04. The van der Waals surface area contributed by atoms with Gasteiger partial charge >= 0.3 is 6.01 Å². The van der Waals surface area contributed by atoms with Crippen molar-refractivity contribution < 1.29 is 23.4 Å². The predicted molar refractivity (Wildman–Crippen MR) is 177 cm³/mol. The van der Waals surface area contributed by atoms with E-state index >= 15 is 8.78 Å². The smallest absolute Gasteiger partial charge is 0.319 e. The molecular formula is C36H42F2N6O3. The number of nitrogens with zero attached hydrogens (tertiary/aromatic N) is 5. The van der Waals surface area contributed by atoms with Gasteiger partial charge in [-0.3, -0.25) is 4.90 Å². The van der Waals surface area contributed by atoms with Crippen LogP contribution in [0.5, 0.6) is 17.6 Å². The minimum Gasteiger partial charge on any atom is -0.508 e. The number of aromatic nitrogens is 3. The van der Waals surface area contributed by atoms with Crippen LogP contribution < -0.4 is 19.7 Å². The van der Waals surface area contributed by atoms with Crippen molar-refractivity contribution in [3.05, 3.63) is 41.5 Å². The zero-order valence-electron chi connectivity index (χ0n) is 27.1. The van der Waals surface area contributed by atoms with E-state index in [2.05, 4.69) is 15.1 Å². The van der Waals surface area contributed by atoms with E-state index in [0.29, 0.717) is 71.7 Å². The van der Waals surface area contributed by atoms with Crippen LogP contribution >= 0.6 is 0 Å². The second-order valence-electron chi connectivity index (χ2n) is 13.5. The summed E-state index contributed by atoms with van der Waals surface area (Å²) < 4.78 is 45.1. The van der Waals surface area contributed by atoms with Crippen molar-refractivity contribution in [2.45, 2.75) is 70.4 Å². The first-order chi connectivity index (χ1) is 23.0. The van der Waals surface area contributed by atoms with Crippen molar-refractivity contribution in [3.8, 4) is 28.9 Å². The largest absolute Gasteiger partial charge is 0.508 e. The molecule has 6 heterocycles. The van der Waals surface area contributed by atoms with Crippen molar-refractivity contribution in [1.82, 2.24) is 25.2 Å². The molecule has 11 heteroatoms. The quantitative estimate of drug-likeness (QED) is 0.263. The maximum atomic E-state index is 17.1. The van der Waals surface area contributed by atoms with Gasteiger partial charge < -0.3 is 24.8 Å². The normalized spacial score (nSPS) is 21.5. The molecule has 47 heavy (non-hydrogen) atoms. The molecule has 4 fully saturated rings. The Morgan fingerprint density at radius 2 is 1.85 bits per heavy atom. The summed E-state index contributed by atoms with van der Waals surface area (Å²) in [6.45, 7) is 9.03. The lowest BCUT2D eigenvalue weighted by atomic mass is 9.93. The van der Waals surface area contributed by atoms with Gasteiger partial charge in [-0.1, -0.05) is 19.9 Å². The molecule has 1 saturated carbocycles. The summed E-state index contributed by atoms with van der Waals surface area (Å²) in [5.74, 6) is 0.112. The summed E-state index contributed by atoms with van der Waals surface area (Å²) in [5.41, 5.74) is 0.828. The maximum absolute atomic E-state index is 17.1. The number of nitrogens with one attached hydrogen (secondary N) is 1. The zero-order chi connectivity index (χ0) is 32.3. The first-order valence-corrected chi connectivity index (χ1v) is 17.3. The standard InChI is InChI=1S/C34H36F2N6O3.C2H6/c35-25-6-5-20-14-22(43)15-24(26(20)23(25)13-19-3-4-19)29-28(36)30-27-31(42-12-9-37-16-21(42)17-44-32(27)38-29)40-33(39-30)45-18-34-7-1-10-41(34)11-2-8-34;1-2/h5-6,14-15,19,21,37,43H,1-4,7-13,16-18H2;1-2H3/t21-;/m0./s1. The number of rotatable bonds is 6. The maximum Gasteiger partial charge on any atom is 0.319 e. The SMILES string of the molecule is CC.Oc1cc(-c2nc3c4c(nc(OCC56CCCN5CCC6)nc4c2F)N2CCNC[C@H]2CO3)c2c(CC3CC3)c(F)ccc2c1. The van der Waals surface area contributed by atoms with E-state index < -0.39 is 5.82 Å². The lowest BCUT2D eigenvalue weighted by molar-refractivity contribution is 0.108. The van der Waals surface area contributed by atoms with E-state index in [4.69, 9.17) is 24.4 Å². The van der Waals surface area contributed by atoms with Crippen molar-refractivity contribution in [3.63, 3.8) is 0 Å². The molecule has 2 aromatic carbocycles. The molecule has 4 aromatic rings. The fourth-order valence-electron chi connectivity index (χ4n) is 8.18. The van der Waals surface area contributed by atoms with Crippen molar-refractivity contribution in [1.29, 1.82) is 0 Å². The monoisotopic (exact) mass is 644 g/mol. The molecule has 9 rings (SSSR count). The summed E-state index contributed by atoms with van der Waals surface area (Å²) in [5, 5.41) is 15.8. The van der Waals surface area contributed by atoms with Crippen LogP contribution in [-0.2, 0) is 6.42 Å². The summed E-state index contributed by atoms with van der Waals surface area (Å²) in [7, 11) is 0. The van der Waals surface area contributed by atoms with Crippen LogP contribution in [0.4, 0.5) is 14.6 Å². The average Bonchev–Trinajstić information content (AvgIpc) is 3.73. The number of hydrogen-bond acceptors (Lipinski definition) is 9. The van der Waals surface area contributed by atoms with E-state index in [-0.39, 0.29) is 46.2 Å². The average molecular weight is 645 g/mol. The Labute approximate surface area is 273 Å². The fourth-order valence-corrected chi connectivity index (χ4v) is 8.18.